The number of nitro groups is 1. The van der Waals surface area contributed by atoms with Crippen molar-refractivity contribution in [2.24, 2.45) is 0 Å². The fourth-order valence-corrected chi connectivity index (χ4v) is 3.49. The quantitative estimate of drug-likeness (QED) is 0.527. The lowest BCUT2D eigenvalue weighted by Crippen LogP contribution is -2.50. The van der Waals surface area contributed by atoms with Crippen LogP contribution in [0.25, 0.3) is 11.1 Å². The van der Waals surface area contributed by atoms with Crippen molar-refractivity contribution in [3.8, 4) is 16.9 Å². The van der Waals surface area contributed by atoms with Gasteiger partial charge in [0.1, 0.15) is 5.60 Å². The number of aryl methyl sites for hydroxylation is 1. The highest BCUT2D eigenvalue weighted by Crippen LogP contribution is 2.40. The second-order valence-corrected chi connectivity index (χ2v) is 8.34. The molecule has 0 unspecified atom stereocenters. The number of hydrogen-bond acceptors (Lipinski definition) is 7. The number of anilines is 1. The molecule has 1 aliphatic heterocycles. The molecule has 0 radical (unpaired) electrons. The Morgan fingerprint density at radius 2 is 1.90 bits per heavy atom. The molecule has 0 spiro atoms. The average Bonchev–Trinajstić information content (AvgIpc) is 3.20. The molecule has 168 valence electrons. The smallest absolute Gasteiger partial charge is 0.410 e. The molecule has 1 saturated heterocycles. The highest BCUT2D eigenvalue weighted by molar-refractivity contribution is 5.83. The van der Waals surface area contributed by atoms with Gasteiger partial charge >= 0.3 is 11.8 Å². The molecule has 1 amide bonds. The summed E-state index contributed by atoms with van der Waals surface area (Å²) in [6.45, 7) is 10.3. The second kappa shape index (κ2) is 8.83. The number of nitrogens with zero attached hydrogens (tertiary/aromatic N) is 5. The number of methoxy groups -OCH3 is 1. The Labute approximate surface area is 181 Å². The molecule has 10 heteroatoms. The van der Waals surface area contributed by atoms with Crippen LogP contribution in [0.3, 0.4) is 0 Å². The lowest BCUT2D eigenvalue weighted by atomic mass is 10.0. The molecule has 1 aromatic heterocycles. The molecule has 2 heterocycles. The molecule has 0 N–H and O–H groups in total. The number of rotatable bonds is 5. The number of aromatic nitrogens is 2. The van der Waals surface area contributed by atoms with Crippen LogP contribution in [0.5, 0.6) is 5.75 Å². The monoisotopic (exact) mass is 431 g/mol. The fourth-order valence-electron chi connectivity index (χ4n) is 3.49. The van der Waals surface area contributed by atoms with E-state index < -0.39 is 10.5 Å². The van der Waals surface area contributed by atoms with Gasteiger partial charge in [0.25, 0.3) is 0 Å². The third kappa shape index (κ3) is 5.07. The molecule has 1 aromatic carbocycles. The van der Waals surface area contributed by atoms with Crippen LogP contribution in [0, 0.1) is 10.1 Å². The van der Waals surface area contributed by atoms with E-state index in [4.69, 9.17) is 9.47 Å². The summed E-state index contributed by atoms with van der Waals surface area (Å²) < 4.78 is 12.5. The zero-order valence-corrected chi connectivity index (χ0v) is 18.6. The van der Waals surface area contributed by atoms with E-state index in [0.717, 1.165) is 11.3 Å². The minimum atomic E-state index is -0.549. The van der Waals surface area contributed by atoms with Crippen molar-refractivity contribution in [1.29, 1.82) is 0 Å². The summed E-state index contributed by atoms with van der Waals surface area (Å²) in [6.07, 6.45) is 3.24. The van der Waals surface area contributed by atoms with Gasteiger partial charge in [-0.05, 0) is 27.7 Å². The summed E-state index contributed by atoms with van der Waals surface area (Å²) in [5.41, 5.74) is 1.65. The molecule has 1 fully saturated rings. The molecule has 0 aliphatic carbocycles. The van der Waals surface area contributed by atoms with E-state index in [1.807, 2.05) is 33.9 Å². The standard InChI is InChI=1S/C21H29N5O5/c1-6-25-14-15(13-22-25)16-11-18(26(28)29)19(30-5)12-17(16)23-7-9-24(10-8-23)20(27)31-21(2,3)4/h11-14H,6-10H2,1-5H3. The van der Waals surface area contributed by atoms with Crippen LogP contribution in [0.15, 0.2) is 24.5 Å². The maximum Gasteiger partial charge on any atom is 0.410 e. The molecule has 2 aromatic rings. The van der Waals surface area contributed by atoms with Gasteiger partial charge in [-0.25, -0.2) is 4.79 Å². The topological polar surface area (TPSA) is 103 Å². The molecule has 10 nitrogen and oxygen atoms in total. The highest BCUT2D eigenvalue weighted by Gasteiger charge is 2.29. The van der Waals surface area contributed by atoms with Crippen LogP contribution in [0.2, 0.25) is 0 Å². The van der Waals surface area contributed by atoms with E-state index in [2.05, 4.69) is 10.00 Å². The zero-order chi connectivity index (χ0) is 22.8. The van der Waals surface area contributed by atoms with E-state index in [0.29, 0.717) is 38.3 Å². The fraction of sp³-hybridized carbons (Fsp3) is 0.524. The minimum Gasteiger partial charge on any atom is -0.490 e. The van der Waals surface area contributed by atoms with Crippen LogP contribution >= 0.6 is 0 Å². The average molecular weight is 431 g/mol. The van der Waals surface area contributed by atoms with E-state index in [-0.39, 0.29) is 17.5 Å². The third-order valence-electron chi connectivity index (χ3n) is 5.03. The van der Waals surface area contributed by atoms with Gasteiger partial charge in [0.15, 0.2) is 5.75 Å². The van der Waals surface area contributed by atoms with Gasteiger partial charge in [-0.2, -0.15) is 5.10 Å². The van der Waals surface area contributed by atoms with Crippen molar-refractivity contribution in [2.45, 2.75) is 39.8 Å². The number of benzene rings is 1. The van der Waals surface area contributed by atoms with Crippen molar-refractivity contribution < 1.29 is 19.2 Å². The summed E-state index contributed by atoms with van der Waals surface area (Å²) in [5, 5.41) is 15.9. The normalized spacial score (nSPS) is 14.5. The van der Waals surface area contributed by atoms with Crippen LogP contribution in [0.1, 0.15) is 27.7 Å². The Bertz CT molecular complexity index is 958. The summed E-state index contributed by atoms with van der Waals surface area (Å²) in [6, 6.07) is 3.23. The number of hydrogen-bond donors (Lipinski definition) is 0. The molecular weight excluding hydrogens is 402 g/mol. The van der Waals surface area contributed by atoms with E-state index in [9.17, 15) is 14.9 Å². The van der Waals surface area contributed by atoms with Gasteiger partial charge in [0.05, 0.1) is 18.2 Å². The maximum absolute atomic E-state index is 12.4. The van der Waals surface area contributed by atoms with Crippen LogP contribution in [-0.2, 0) is 11.3 Å². The SMILES string of the molecule is CCn1cc(-c2cc([N+](=O)[O-])c(OC)cc2N2CCN(C(=O)OC(C)(C)C)CC2)cn1. The second-order valence-electron chi connectivity index (χ2n) is 8.34. The van der Waals surface area contributed by atoms with Gasteiger partial charge in [-0.1, -0.05) is 0 Å². The van der Waals surface area contributed by atoms with Crippen molar-refractivity contribution in [3.63, 3.8) is 0 Å². The highest BCUT2D eigenvalue weighted by atomic mass is 16.6. The predicted octanol–water partition coefficient (Wildman–Crippen LogP) is 3.54. The lowest BCUT2D eigenvalue weighted by Gasteiger charge is -2.37. The number of amides is 1. The Hall–Kier alpha value is -3.30. The molecule has 0 atom stereocenters. The van der Waals surface area contributed by atoms with E-state index in [1.54, 1.807) is 21.8 Å². The summed E-state index contributed by atoms with van der Waals surface area (Å²) in [5.74, 6) is 0.196. The lowest BCUT2D eigenvalue weighted by molar-refractivity contribution is -0.385. The summed E-state index contributed by atoms with van der Waals surface area (Å²) in [4.78, 5) is 27.3. The van der Waals surface area contributed by atoms with Gasteiger partial charge in [-0.3, -0.25) is 14.8 Å². The van der Waals surface area contributed by atoms with Crippen LogP contribution < -0.4 is 9.64 Å². The first kappa shape index (κ1) is 22.4. The van der Waals surface area contributed by atoms with E-state index in [1.165, 1.54) is 13.2 Å². The van der Waals surface area contributed by atoms with Crippen molar-refractivity contribution in [1.82, 2.24) is 14.7 Å². The first-order valence-corrected chi connectivity index (χ1v) is 10.2. The molecule has 0 bridgehead atoms. The molecule has 0 saturated carbocycles. The number of carbonyl (C=O) groups excluding carboxylic acids is 1. The number of nitro benzene ring substituents is 1. The van der Waals surface area contributed by atoms with Gasteiger partial charge in [0.2, 0.25) is 0 Å². The molecular formula is C21H29N5O5. The first-order chi connectivity index (χ1) is 14.6. The van der Waals surface area contributed by atoms with Crippen molar-refractivity contribution in [2.75, 3.05) is 38.2 Å². The largest absolute Gasteiger partial charge is 0.490 e. The number of ether oxygens (including phenoxy) is 2. The number of carbonyl (C=O) groups is 1. The van der Waals surface area contributed by atoms with Gasteiger partial charge in [-0.15, -0.1) is 0 Å². The maximum atomic E-state index is 12.4. The zero-order valence-electron chi connectivity index (χ0n) is 18.6. The van der Waals surface area contributed by atoms with E-state index >= 15 is 0 Å². The van der Waals surface area contributed by atoms with Gasteiger partial charge < -0.3 is 19.3 Å². The summed E-state index contributed by atoms with van der Waals surface area (Å²) >= 11 is 0. The third-order valence-corrected chi connectivity index (χ3v) is 5.03. The van der Waals surface area contributed by atoms with Crippen molar-refractivity contribution in [3.05, 3.63) is 34.6 Å². The first-order valence-electron chi connectivity index (χ1n) is 10.2. The van der Waals surface area contributed by atoms with Gasteiger partial charge in [0, 0.05) is 67.9 Å². The Balaban J connectivity index is 1.91. The predicted molar refractivity (Wildman–Crippen MR) is 117 cm³/mol. The number of piperazine rings is 1. The molecule has 31 heavy (non-hydrogen) atoms. The van der Waals surface area contributed by atoms with Crippen LogP contribution in [0.4, 0.5) is 16.2 Å². The molecule has 1 aliphatic rings. The minimum absolute atomic E-state index is 0.0992. The van der Waals surface area contributed by atoms with Crippen molar-refractivity contribution >= 4 is 17.5 Å². The molecule has 3 rings (SSSR count). The Morgan fingerprint density at radius 1 is 1.23 bits per heavy atom. The van der Waals surface area contributed by atoms with Crippen LogP contribution in [-0.4, -0.2) is 64.6 Å². The Kier molecular flexibility index (Phi) is 6.37. The Morgan fingerprint density at radius 3 is 2.42 bits per heavy atom. The summed E-state index contributed by atoms with van der Waals surface area (Å²) in [7, 11) is 1.42.